The lowest BCUT2D eigenvalue weighted by atomic mass is 9.77. The Morgan fingerprint density at radius 2 is 1.58 bits per heavy atom. The minimum absolute atomic E-state index is 0.0240. The quantitative estimate of drug-likeness (QED) is 0.235. The third-order valence-corrected chi connectivity index (χ3v) is 5.57. The molecule has 3 aromatic carbocycles. The lowest BCUT2D eigenvalue weighted by molar-refractivity contribution is -0.385. The van der Waals surface area contributed by atoms with Crippen LogP contribution in [0.3, 0.4) is 0 Å². The Morgan fingerprint density at radius 3 is 2.26 bits per heavy atom. The van der Waals surface area contributed by atoms with E-state index < -0.39 is 33.9 Å². The van der Waals surface area contributed by atoms with Crippen LogP contribution in [0.2, 0.25) is 0 Å². The van der Waals surface area contributed by atoms with Crippen LogP contribution in [0.4, 0.5) is 5.69 Å². The Bertz CT molecular complexity index is 1250. The van der Waals surface area contributed by atoms with Gasteiger partial charge in [-0.3, -0.25) is 10.1 Å². The van der Waals surface area contributed by atoms with Crippen LogP contribution < -0.4 is 9.47 Å². The third-order valence-electron chi connectivity index (χ3n) is 5.57. The van der Waals surface area contributed by atoms with Crippen LogP contribution in [-0.2, 0) is 5.79 Å². The molecule has 5 N–H and O–H groups in total. The number of hydrogen-bond acceptors (Lipinski definition) is 9. The molecule has 0 fully saturated rings. The summed E-state index contributed by atoms with van der Waals surface area (Å²) >= 11 is 0. The normalized spacial score (nSPS) is 20.7. The fraction of sp³-hybridized carbons (Fsp3) is 0.143. The summed E-state index contributed by atoms with van der Waals surface area (Å²) in [6.07, 6.45) is 0.0240. The summed E-state index contributed by atoms with van der Waals surface area (Å²) in [4.78, 5) is 10.7. The van der Waals surface area contributed by atoms with Gasteiger partial charge >= 0.3 is 0 Å². The second kappa shape index (κ2) is 6.08. The zero-order chi connectivity index (χ0) is 22.1. The van der Waals surface area contributed by atoms with E-state index in [4.69, 9.17) is 9.47 Å². The zero-order valence-corrected chi connectivity index (χ0v) is 15.6. The first-order valence-corrected chi connectivity index (χ1v) is 9.16. The molecule has 3 aromatic rings. The van der Waals surface area contributed by atoms with Crippen LogP contribution in [0.1, 0.15) is 29.0 Å². The Balaban J connectivity index is 1.78. The second-order valence-electron chi connectivity index (χ2n) is 7.43. The Kier molecular flexibility index (Phi) is 3.66. The molecule has 31 heavy (non-hydrogen) atoms. The number of benzene rings is 3. The van der Waals surface area contributed by atoms with Gasteiger partial charge in [-0.2, -0.15) is 0 Å². The van der Waals surface area contributed by atoms with E-state index >= 15 is 0 Å². The van der Waals surface area contributed by atoms with Crippen LogP contribution in [0, 0.1) is 10.1 Å². The second-order valence-corrected chi connectivity index (χ2v) is 7.43. The van der Waals surface area contributed by atoms with Crippen molar-refractivity contribution in [1.82, 2.24) is 0 Å². The van der Waals surface area contributed by atoms with E-state index in [0.717, 1.165) is 18.2 Å². The maximum atomic E-state index is 11.3. The molecular weight excluding hydrogens is 410 g/mol. The average molecular weight is 425 g/mol. The first kappa shape index (κ1) is 18.7. The summed E-state index contributed by atoms with van der Waals surface area (Å²) < 4.78 is 12.1. The smallest absolute Gasteiger partial charge is 0.279 e. The van der Waals surface area contributed by atoms with Gasteiger partial charge in [-0.25, -0.2) is 0 Å². The number of phenols is 5. The van der Waals surface area contributed by atoms with Crippen molar-refractivity contribution in [1.29, 1.82) is 0 Å². The fourth-order valence-corrected chi connectivity index (χ4v) is 4.20. The van der Waals surface area contributed by atoms with Crippen LogP contribution in [0.15, 0.2) is 42.5 Å². The summed E-state index contributed by atoms with van der Waals surface area (Å²) in [5.74, 6) is -4.40. The standard InChI is InChI=1S/C21H15NO9/c23-11-6-14(24)19-13-8-21(31-18(19)7-11,9-3-15(25)20(27)16(26)4-9)30-17-2-1-10(22(28)29)5-12(13)17/h1-7,13,23-27H,8H2. The van der Waals surface area contributed by atoms with Crippen molar-refractivity contribution >= 4 is 5.69 Å². The Labute approximate surface area is 173 Å². The lowest BCUT2D eigenvalue weighted by Gasteiger charge is -2.46. The molecular formula is C21H15NO9. The molecule has 158 valence electrons. The van der Waals surface area contributed by atoms with E-state index in [1.54, 1.807) is 0 Å². The molecule has 0 spiro atoms. The fourth-order valence-electron chi connectivity index (χ4n) is 4.20. The van der Waals surface area contributed by atoms with Gasteiger partial charge in [0.15, 0.2) is 17.2 Å². The van der Waals surface area contributed by atoms with Gasteiger partial charge in [-0.05, 0) is 18.2 Å². The summed E-state index contributed by atoms with van der Waals surface area (Å²) in [6, 6.07) is 8.74. The molecule has 10 nitrogen and oxygen atoms in total. The van der Waals surface area contributed by atoms with Gasteiger partial charge in [-0.1, -0.05) is 0 Å². The lowest BCUT2D eigenvalue weighted by Crippen LogP contribution is -2.46. The van der Waals surface area contributed by atoms with Crippen molar-refractivity contribution in [3.05, 3.63) is 69.3 Å². The minimum Gasteiger partial charge on any atom is -0.508 e. The molecule has 2 aliphatic rings. The first-order chi connectivity index (χ1) is 14.7. The summed E-state index contributed by atoms with van der Waals surface area (Å²) in [5.41, 5.74) is 0.733. The monoisotopic (exact) mass is 425 g/mol. The van der Waals surface area contributed by atoms with Crippen LogP contribution in [0.25, 0.3) is 0 Å². The highest BCUT2D eigenvalue weighted by molar-refractivity contribution is 5.62. The highest BCUT2D eigenvalue weighted by Gasteiger charge is 2.51. The van der Waals surface area contributed by atoms with Crippen molar-refractivity contribution in [2.24, 2.45) is 0 Å². The van der Waals surface area contributed by atoms with Crippen molar-refractivity contribution < 1.29 is 39.9 Å². The molecule has 2 heterocycles. The molecule has 0 radical (unpaired) electrons. The molecule has 0 saturated carbocycles. The minimum atomic E-state index is -1.62. The number of phenolic OH excluding ortho intramolecular Hbond substituents is 5. The van der Waals surface area contributed by atoms with Crippen molar-refractivity contribution in [2.75, 3.05) is 0 Å². The number of rotatable bonds is 2. The number of nitro groups is 1. The van der Waals surface area contributed by atoms with Crippen molar-refractivity contribution in [3.63, 3.8) is 0 Å². The number of fused-ring (bicyclic) bond motifs is 6. The molecule has 2 atom stereocenters. The van der Waals surface area contributed by atoms with E-state index in [2.05, 4.69) is 0 Å². The number of ether oxygens (including phenoxy) is 2. The molecule has 0 amide bonds. The SMILES string of the molecule is O=[N+]([O-])c1ccc2c(c1)C1CC(c3cc(O)c(O)c(O)c3)(O2)Oc2cc(O)cc(O)c21. The van der Waals surface area contributed by atoms with Gasteiger partial charge < -0.3 is 35.0 Å². The summed E-state index contributed by atoms with van der Waals surface area (Å²) in [7, 11) is 0. The van der Waals surface area contributed by atoms with Gasteiger partial charge in [0, 0.05) is 53.3 Å². The molecule has 2 unspecified atom stereocenters. The van der Waals surface area contributed by atoms with E-state index in [1.807, 2.05) is 0 Å². The number of hydrogen-bond donors (Lipinski definition) is 5. The van der Waals surface area contributed by atoms with Gasteiger partial charge in [0.2, 0.25) is 0 Å². The van der Waals surface area contributed by atoms with E-state index in [0.29, 0.717) is 11.1 Å². The molecule has 0 aromatic heterocycles. The van der Waals surface area contributed by atoms with Crippen LogP contribution in [0.5, 0.6) is 40.2 Å². The molecule has 10 heteroatoms. The highest BCUT2D eigenvalue weighted by Crippen LogP contribution is 2.58. The maximum absolute atomic E-state index is 11.3. The molecule has 0 aliphatic carbocycles. The third kappa shape index (κ3) is 2.65. The van der Waals surface area contributed by atoms with Gasteiger partial charge in [0.25, 0.3) is 11.5 Å². The topological polar surface area (TPSA) is 163 Å². The highest BCUT2D eigenvalue weighted by atomic mass is 16.7. The summed E-state index contributed by atoms with van der Waals surface area (Å²) in [6.45, 7) is 0. The average Bonchev–Trinajstić information content (AvgIpc) is 2.70. The molecule has 5 rings (SSSR count). The Morgan fingerprint density at radius 1 is 0.903 bits per heavy atom. The van der Waals surface area contributed by atoms with Crippen molar-refractivity contribution in [3.8, 4) is 40.2 Å². The molecule has 2 bridgehead atoms. The maximum Gasteiger partial charge on any atom is 0.279 e. The largest absolute Gasteiger partial charge is 0.508 e. The number of nitrogens with zero attached hydrogens (tertiary/aromatic N) is 1. The van der Waals surface area contributed by atoms with E-state index in [1.165, 1.54) is 24.3 Å². The molecule has 2 aliphatic heterocycles. The predicted octanol–water partition coefficient (Wildman–Crippen LogP) is 3.28. The van der Waals surface area contributed by atoms with Gasteiger partial charge in [0.1, 0.15) is 23.0 Å². The van der Waals surface area contributed by atoms with Gasteiger partial charge in [-0.15, -0.1) is 0 Å². The van der Waals surface area contributed by atoms with Gasteiger partial charge in [0.05, 0.1) is 4.92 Å². The first-order valence-electron chi connectivity index (χ1n) is 9.16. The van der Waals surface area contributed by atoms with Crippen LogP contribution >= 0.6 is 0 Å². The summed E-state index contributed by atoms with van der Waals surface area (Å²) in [5, 5.41) is 61.5. The predicted molar refractivity (Wildman–Crippen MR) is 104 cm³/mol. The Hall–Kier alpha value is -4.34. The van der Waals surface area contributed by atoms with E-state index in [-0.39, 0.29) is 40.7 Å². The number of non-ortho nitro benzene ring substituents is 1. The number of aromatic hydroxyl groups is 5. The zero-order valence-electron chi connectivity index (χ0n) is 15.6. The van der Waals surface area contributed by atoms with Crippen LogP contribution in [-0.4, -0.2) is 30.5 Å². The van der Waals surface area contributed by atoms with E-state index in [9.17, 15) is 35.6 Å². The van der Waals surface area contributed by atoms with Crippen molar-refractivity contribution in [2.45, 2.75) is 18.1 Å². The number of nitro benzene ring substituents is 1. The molecule has 0 saturated heterocycles.